The van der Waals surface area contributed by atoms with Crippen molar-refractivity contribution in [2.45, 2.75) is 45.9 Å². The van der Waals surface area contributed by atoms with Crippen molar-refractivity contribution in [3.8, 4) is 11.5 Å². The molecule has 0 atom stereocenters. The molecule has 0 radical (unpaired) electrons. The van der Waals surface area contributed by atoms with Gasteiger partial charge in [-0.3, -0.25) is 0 Å². The lowest BCUT2D eigenvalue weighted by atomic mass is 10.2. The molecule has 2 amide bonds. The third-order valence-corrected chi connectivity index (χ3v) is 7.53. The van der Waals surface area contributed by atoms with E-state index in [1.54, 1.807) is 23.9 Å². The van der Waals surface area contributed by atoms with Crippen LogP contribution in [-0.2, 0) is 18.0 Å². The fraction of sp³-hybridized carbons (Fsp3) is 0.320. The monoisotopic (exact) mass is 562 g/mol. The van der Waals surface area contributed by atoms with Crippen LogP contribution in [0.4, 0.5) is 19.3 Å². The van der Waals surface area contributed by atoms with Crippen LogP contribution in [0.5, 0.6) is 11.5 Å². The molecule has 9 nitrogen and oxygen atoms in total. The molecule has 3 aromatic heterocycles. The van der Waals surface area contributed by atoms with Crippen molar-refractivity contribution in [2.75, 3.05) is 11.9 Å². The van der Waals surface area contributed by atoms with Crippen LogP contribution in [0.15, 0.2) is 36.8 Å². The molecule has 13 heteroatoms. The minimum atomic E-state index is -1.24. The molecule has 3 heterocycles. The molecule has 0 fully saturated rings. The molecule has 1 aromatic carbocycles. The van der Waals surface area contributed by atoms with Gasteiger partial charge in [-0.2, -0.15) is 0 Å². The first-order valence-corrected chi connectivity index (χ1v) is 16.0. The number of urea groups is 1. The average Bonchev–Trinajstić information content (AvgIpc) is 3.40. The molecule has 4 rings (SSSR count). The van der Waals surface area contributed by atoms with E-state index in [-0.39, 0.29) is 24.7 Å². The zero-order valence-electron chi connectivity index (χ0n) is 21.5. The van der Waals surface area contributed by atoms with Crippen LogP contribution in [0.3, 0.4) is 0 Å². The third kappa shape index (κ3) is 6.88. The van der Waals surface area contributed by atoms with Crippen molar-refractivity contribution in [1.82, 2.24) is 24.8 Å². The summed E-state index contributed by atoms with van der Waals surface area (Å²) in [6, 6.07) is 3.76. The van der Waals surface area contributed by atoms with Gasteiger partial charge < -0.3 is 29.7 Å². The van der Waals surface area contributed by atoms with Gasteiger partial charge in [0.25, 0.3) is 0 Å². The van der Waals surface area contributed by atoms with Crippen LogP contribution in [0.2, 0.25) is 30.7 Å². The Morgan fingerprint density at radius 3 is 2.63 bits per heavy atom. The molecular formula is C25H29ClF2N6O3Si. The number of aryl methyl sites for hydroxylation is 1. The Morgan fingerprint density at radius 2 is 1.97 bits per heavy atom. The second-order valence-electron chi connectivity index (χ2n) is 9.97. The number of carbonyl (C=O) groups excluding carboxylic acids is 1. The van der Waals surface area contributed by atoms with Gasteiger partial charge in [0.1, 0.15) is 24.0 Å². The van der Waals surface area contributed by atoms with Crippen LogP contribution < -0.4 is 15.4 Å². The van der Waals surface area contributed by atoms with Gasteiger partial charge in [0.05, 0.1) is 22.6 Å². The van der Waals surface area contributed by atoms with Gasteiger partial charge in [-0.05, 0) is 19.0 Å². The maximum Gasteiger partial charge on any atom is 0.319 e. The van der Waals surface area contributed by atoms with Crippen molar-refractivity contribution < 1.29 is 23.0 Å². The second kappa shape index (κ2) is 11.5. The fourth-order valence-corrected chi connectivity index (χ4v) is 4.65. The van der Waals surface area contributed by atoms with E-state index in [9.17, 15) is 13.6 Å². The predicted octanol–water partition coefficient (Wildman–Crippen LogP) is 6.43. The number of nitrogens with zero attached hydrogens (tertiary/aromatic N) is 3. The zero-order chi connectivity index (χ0) is 27.4. The summed E-state index contributed by atoms with van der Waals surface area (Å²) < 4.78 is 42.9. The van der Waals surface area contributed by atoms with Gasteiger partial charge in [0.15, 0.2) is 17.4 Å². The number of hydrogen-bond donors (Lipinski definition) is 3. The van der Waals surface area contributed by atoms with Crippen molar-refractivity contribution >= 4 is 42.4 Å². The van der Waals surface area contributed by atoms with Crippen LogP contribution >= 0.6 is 11.6 Å². The van der Waals surface area contributed by atoms with E-state index in [1.165, 1.54) is 12.3 Å². The van der Waals surface area contributed by atoms with Gasteiger partial charge in [0, 0.05) is 51.1 Å². The van der Waals surface area contributed by atoms with E-state index in [1.807, 2.05) is 0 Å². The van der Waals surface area contributed by atoms with Gasteiger partial charge in [0.2, 0.25) is 0 Å². The first-order valence-electron chi connectivity index (χ1n) is 11.9. The van der Waals surface area contributed by atoms with Crippen LogP contribution in [-0.4, -0.2) is 40.2 Å². The minimum absolute atomic E-state index is 0.0833. The molecule has 202 valence electrons. The van der Waals surface area contributed by atoms with E-state index >= 15 is 0 Å². The van der Waals surface area contributed by atoms with Crippen LogP contribution in [0.25, 0.3) is 11.0 Å². The molecule has 0 saturated heterocycles. The van der Waals surface area contributed by atoms with E-state index in [0.29, 0.717) is 28.5 Å². The number of hydrogen-bond acceptors (Lipinski definition) is 5. The molecule has 0 saturated carbocycles. The highest BCUT2D eigenvalue weighted by Crippen LogP contribution is 2.37. The highest BCUT2D eigenvalue weighted by atomic mass is 35.5. The molecule has 0 spiro atoms. The standard InChI is InChI=1S/C25H29ClF2N6O3Si/c1-15-11-30-21(32-15)12-31-25(35)33-16-9-18(27)23(19(28)10-16)37-20-5-6-29-24-22(20)17(26)13-34(24)14-36-7-8-38(2,3)4/h5-6,9-11,13H,7-8,12,14H2,1-4H3,(H,30,32)(H2,31,33,35). The number of aromatic amines is 1. The van der Waals surface area contributed by atoms with Crippen molar-refractivity contribution in [1.29, 1.82) is 0 Å². The molecule has 0 aliphatic rings. The number of ether oxygens (including phenoxy) is 2. The van der Waals surface area contributed by atoms with Crippen LogP contribution in [0.1, 0.15) is 11.5 Å². The lowest BCUT2D eigenvalue weighted by Gasteiger charge is -2.15. The van der Waals surface area contributed by atoms with Crippen molar-refractivity contribution in [3.05, 3.63) is 65.0 Å². The summed E-state index contributed by atoms with van der Waals surface area (Å²) >= 11 is 6.43. The highest BCUT2D eigenvalue weighted by Gasteiger charge is 2.20. The van der Waals surface area contributed by atoms with E-state index < -0.39 is 31.5 Å². The van der Waals surface area contributed by atoms with Crippen molar-refractivity contribution in [2.24, 2.45) is 0 Å². The molecule has 38 heavy (non-hydrogen) atoms. The summed E-state index contributed by atoms with van der Waals surface area (Å²) in [5, 5.41) is 5.65. The number of aromatic nitrogens is 4. The Bertz CT molecular complexity index is 1430. The lowest BCUT2D eigenvalue weighted by Crippen LogP contribution is -2.28. The Morgan fingerprint density at radius 1 is 1.24 bits per heavy atom. The minimum Gasteiger partial charge on any atom is -0.450 e. The predicted molar refractivity (Wildman–Crippen MR) is 144 cm³/mol. The summed E-state index contributed by atoms with van der Waals surface area (Å²) in [5.41, 5.74) is 1.15. The molecule has 4 aromatic rings. The first kappa shape index (κ1) is 27.5. The SMILES string of the molecule is Cc1c[nH]c(CNC(=O)Nc2cc(F)c(Oc3ccnc4c3c(Cl)cn4COCC[Si](C)(C)C)c(F)c2)n1. The van der Waals surface area contributed by atoms with Crippen molar-refractivity contribution in [3.63, 3.8) is 0 Å². The van der Waals surface area contributed by atoms with Gasteiger partial charge in [-0.15, -0.1) is 0 Å². The molecule has 3 N–H and O–H groups in total. The Kier molecular flexibility index (Phi) is 8.34. The number of imidazole rings is 1. The maximum atomic E-state index is 14.9. The summed E-state index contributed by atoms with van der Waals surface area (Å²) in [7, 11) is -1.24. The Hall–Kier alpha value is -3.48. The van der Waals surface area contributed by atoms with E-state index in [0.717, 1.165) is 23.9 Å². The van der Waals surface area contributed by atoms with E-state index in [2.05, 4.69) is 45.2 Å². The number of halogens is 3. The van der Waals surface area contributed by atoms with Gasteiger partial charge >= 0.3 is 6.03 Å². The van der Waals surface area contributed by atoms with Gasteiger partial charge in [-0.1, -0.05) is 31.2 Å². The number of nitrogens with one attached hydrogen (secondary N) is 3. The van der Waals surface area contributed by atoms with E-state index in [4.69, 9.17) is 21.1 Å². The summed E-state index contributed by atoms with van der Waals surface area (Å²) in [6.45, 7) is 9.57. The summed E-state index contributed by atoms with van der Waals surface area (Å²) in [6.07, 6.45) is 4.80. The largest absolute Gasteiger partial charge is 0.450 e. The lowest BCUT2D eigenvalue weighted by molar-refractivity contribution is 0.0899. The third-order valence-electron chi connectivity index (χ3n) is 5.54. The maximum absolute atomic E-state index is 14.9. The number of H-pyrrole nitrogens is 1. The summed E-state index contributed by atoms with van der Waals surface area (Å²) in [4.78, 5) is 23.6. The van der Waals surface area contributed by atoms with Gasteiger partial charge in [-0.25, -0.2) is 23.5 Å². The van der Waals surface area contributed by atoms with Crippen LogP contribution in [0, 0.1) is 18.6 Å². The second-order valence-corrected chi connectivity index (χ2v) is 16.0. The fourth-order valence-electron chi connectivity index (χ4n) is 3.60. The topological polar surface area (TPSA) is 106 Å². The highest BCUT2D eigenvalue weighted by molar-refractivity contribution is 6.76. The molecule has 0 bridgehead atoms. The smallest absolute Gasteiger partial charge is 0.319 e. The number of fused-ring (bicyclic) bond motifs is 1. The summed E-state index contributed by atoms with van der Waals surface area (Å²) in [5.74, 6) is -1.96. The number of anilines is 1. The number of rotatable bonds is 10. The Balaban J connectivity index is 1.46. The number of benzene rings is 1. The Labute approximate surface area is 224 Å². The first-order chi connectivity index (χ1) is 18.0. The quantitative estimate of drug-likeness (QED) is 0.153. The zero-order valence-corrected chi connectivity index (χ0v) is 23.2. The number of pyridine rings is 1. The normalized spacial score (nSPS) is 11.7. The molecular weight excluding hydrogens is 534 g/mol. The number of carbonyl (C=O) groups is 1. The molecule has 0 unspecified atom stereocenters. The molecule has 0 aliphatic carbocycles. The average molecular weight is 563 g/mol. The number of amides is 2. The molecule has 0 aliphatic heterocycles.